The predicted octanol–water partition coefficient (Wildman–Crippen LogP) is 3.45. The van der Waals surface area contributed by atoms with E-state index < -0.39 is 11.7 Å². The molecule has 162 valence electrons. The second-order valence-electron chi connectivity index (χ2n) is 7.12. The van der Waals surface area contributed by atoms with E-state index in [-0.39, 0.29) is 18.4 Å². The molecule has 2 aromatic carbocycles. The van der Waals surface area contributed by atoms with Gasteiger partial charge in [0.15, 0.2) is 0 Å². The summed E-state index contributed by atoms with van der Waals surface area (Å²) in [6, 6.07) is 12.4. The molecule has 0 aliphatic carbocycles. The largest absolute Gasteiger partial charge is 0.497 e. The van der Waals surface area contributed by atoms with Crippen molar-refractivity contribution in [1.29, 1.82) is 0 Å². The van der Waals surface area contributed by atoms with Gasteiger partial charge in [-0.05, 0) is 29.3 Å². The molecule has 1 fully saturated rings. The van der Waals surface area contributed by atoms with Gasteiger partial charge in [-0.1, -0.05) is 30.3 Å². The average molecular weight is 422 g/mol. The van der Waals surface area contributed by atoms with Crippen LogP contribution in [0.5, 0.6) is 5.75 Å². The monoisotopic (exact) mass is 422 g/mol. The Bertz CT molecular complexity index is 834. The molecule has 1 atom stereocenters. The van der Waals surface area contributed by atoms with E-state index in [9.17, 15) is 18.0 Å². The molecular formula is C22H25F3N2O3. The number of morpholine rings is 1. The van der Waals surface area contributed by atoms with Gasteiger partial charge in [0, 0.05) is 19.6 Å². The predicted molar refractivity (Wildman–Crippen MR) is 106 cm³/mol. The Balaban J connectivity index is 1.66. The highest BCUT2D eigenvalue weighted by molar-refractivity contribution is 5.78. The van der Waals surface area contributed by atoms with Gasteiger partial charge >= 0.3 is 6.18 Å². The molecule has 2 aromatic rings. The molecule has 8 heteroatoms. The second-order valence-corrected chi connectivity index (χ2v) is 7.12. The van der Waals surface area contributed by atoms with Crippen molar-refractivity contribution in [3.8, 4) is 5.75 Å². The topological polar surface area (TPSA) is 50.8 Å². The van der Waals surface area contributed by atoms with Crippen LogP contribution in [0.2, 0.25) is 0 Å². The summed E-state index contributed by atoms with van der Waals surface area (Å²) >= 11 is 0. The lowest BCUT2D eigenvalue weighted by Gasteiger charge is -2.35. The fraction of sp³-hybridized carbons (Fsp3) is 0.409. The third-order valence-corrected chi connectivity index (χ3v) is 5.10. The third kappa shape index (κ3) is 5.96. The fourth-order valence-electron chi connectivity index (χ4n) is 3.49. The van der Waals surface area contributed by atoms with Crippen LogP contribution in [0.25, 0.3) is 0 Å². The summed E-state index contributed by atoms with van der Waals surface area (Å²) in [6.07, 6.45) is -4.54. The van der Waals surface area contributed by atoms with Crippen molar-refractivity contribution in [2.75, 3.05) is 40.0 Å². The standard InChI is InChI=1S/C22H25F3N2O3/c1-29-19-7-5-17(6-8-19)20(27-9-11-30-12-10-27)15-26-21(28)14-16-3-2-4-18(13-16)22(23,24)25/h2-8,13,20H,9-12,14-15H2,1H3,(H,26,28)/t20-/m1/s1. The summed E-state index contributed by atoms with van der Waals surface area (Å²) in [7, 11) is 1.60. The van der Waals surface area contributed by atoms with Gasteiger partial charge in [-0.2, -0.15) is 13.2 Å². The first-order valence-corrected chi connectivity index (χ1v) is 9.75. The number of hydrogen-bond donors (Lipinski definition) is 1. The van der Waals surface area contributed by atoms with E-state index in [4.69, 9.17) is 9.47 Å². The Labute approximate surface area is 173 Å². The number of carbonyl (C=O) groups is 1. The lowest BCUT2D eigenvalue weighted by molar-refractivity contribution is -0.137. The molecule has 1 saturated heterocycles. The van der Waals surface area contributed by atoms with Crippen LogP contribution >= 0.6 is 0 Å². The van der Waals surface area contributed by atoms with E-state index in [1.807, 2.05) is 24.3 Å². The number of alkyl halides is 3. The van der Waals surface area contributed by atoms with Crippen molar-refractivity contribution in [1.82, 2.24) is 10.2 Å². The van der Waals surface area contributed by atoms with Crippen molar-refractivity contribution in [2.24, 2.45) is 0 Å². The Morgan fingerprint density at radius 3 is 2.50 bits per heavy atom. The minimum atomic E-state index is -4.43. The summed E-state index contributed by atoms with van der Waals surface area (Å²) in [4.78, 5) is 14.7. The summed E-state index contributed by atoms with van der Waals surface area (Å²) in [5, 5.41) is 2.88. The molecule has 3 rings (SSSR count). The van der Waals surface area contributed by atoms with Crippen molar-refractivity contribution in [3.63, 3.8) is 0 Å². The Morgan fingerprint density at radius 1 is 1.17 bits per heavy atom. The lowest BCUT2D eigenvalue weighted by Crippen LogP contribution is -2.44. The highest BCUT2D eigenvalue weighted by Crippen LogP contribution is 2.29. The Morgan fingerprint density at radius 2 is 1.87 bits per heavy atom. The normalized spacial score (nSPS) is 16.1. The molecule has 0 bridgehead atoms. The molecule has 1 aliphatic rings. The molecule has 5 nitrogen and oxygen atoms in total. The van der Waals surface area contributed by atoms with Crippen LogP contribution in [0.1, 0.15) is 22.7 Å². The summed E-state index contributed by atoms with van der Waals surface area (Å²) in [5.74, 6) is 0.425. The smallest absolute Gasteiger partial charge is 0.416 e. The number of rotatable bonds is 7. The number of ether oxygens (including phenoxy) is 2. The number of nitrogens with zero attached hydrogens (tertiary/aromatic N) is 1. The van der Waals surface area contributed by atoms with E-state index in [0.717, 1.165) is 36.5 Å². The quantitative estimate of drug-likeness (QED) is 0.743. The molecule has 0 spiro atoms. The third-order valence-electron chi connectivity index (χ3n) is 5.10. The summed E-state index contributed by atoms with van der Waals surface area (Å²) < 4.78 is 49.3. The lowest BCUT2D eigenvalue weighted by atomic mass is 10.0. The maximum absolute atomic E-state index is 12.9. The molecule has 0 aromatic heterocycles. The van der Waals surface area contributed by atoms with Crippen LogP contribution in [0.4, 0.5) is 13.2 Å². The van der Waals surface area contributed by atoms with Crippen molar-refractivity contribution >= 4 is 5.91 Å². The molecular weight excluding hydrogens is 397 g/mol. The number of carbonyl (C=O) groups excluding carboxylic acids is 1. The molecule has 30 heavy (non-hydrogen) atoms. The van der Waals surface area contributed by atoms with E-state index >= 15 is 0 Å². The van der Waals surface area contributed by atoms with Crippen LogP contribution < -0.4 is 10.1 Å². The van der Waals surface area contributed by atoms with Crippen LogP contribution in [-0.4, -0.2) is 50.8 Å². The molecule has 1 aliphatic heterocycles. The second kappa shape index (κ2) is 9.95. The highest BCUT2D eigenvalue weighted by atomic mass is 19.4. The molecule has 1 amide bonds. The van der Waals surface area contributed by atoms with E-state index in [2.05, 4.69) is 10.2 Å². The molecule has 0 saturated carbocycles. The number of hydrogen-bond acceptors (Lipinski definition) is 4. The molecule has 0 unspecified atom stereocenters. The number of benzene rings is 2. The molecule has 1 N–H and O–H groups in total. The van der Waals surface area contributed by atoms with Gasteiger partial charge in [0.1, 0.15) is 5.75 Å². The van der Waals surface area contributed by atoms with Gasteiger partial charge in [0.05, 0.1) is 38.3 Å². The van der Waals surface area contributed by atoms with E-state index in [1.54, 1.807) is 7.11 Å². The van der Waals surface area contributed by atoms with E-state index in [0.29, 0.717) is 25.3 Å². The number of nitrogens with one attached hydrogen (secondary N) is 1. The Hall–Kier alpha value is -2.58. The minimum absolute atomic E-state index is 0.0646. The van der Waals surface area contributed by atoms with Gasteiger partial charge in [-0.25, -0.2) is 0 Å². The van der Waals surface area contributed by atoms with Crippen molar-refractivity contribution in [2.45, 2.75) is 18.6 Å². The summed E-state index contributed by atoms with van der Waals surface area (Å²) in [5.41, 5.74) is 0.601. The molecule has 0 radical (unpaired) electrons. The summed E-state index contributed by atoms with van der Waals surface area (Å²) in [6.45, 7) is 3.06. The van der Waals surface area contributed by atoms with Gasteiger partial charge < -0.3 is 14.8 Å². The zero-order valence-electron chi connectivity index (χ0n) is 16.7. The van der Waals surface area contributed by atoms with Gasteiger partial charge in [-0.3, -0.25) is 9.69 Å². The van der Waals surface area contributed by atoms with Crippen LogP contribution in [0.15, 0.2) is 48.5 Å². The first-order chi connectivity index (χ1) is 14.4. The SMILES string of the molecule is COc1ccc([C@@H](CNC(=O)Cc2cccc(C(F)(F)F)c2)N2CCOCC2)cc1. The number of halogens is 3. The molecule has 1 heterocycles. The zero-order valence-corrected chi connectivity index (χ0v) is 16.7. The maximum Gasteiger partial charge on any atom is 0.416 e. The van der Waals surface area contributed by atoms with Crippen LogP contribution in [-0.2, 0) is 22.1 Å². The van der Waals surface area contributed by atoms with E-state index in [1.165, 1.54) is 12.1 Å². The Kier molecular flexibility index (Phi) is 7.33. The zero-order chi connectivity index (χ0) is 21.6. The minimum Gasteiger partial charge on any atom is -0.497 e. The van der Waals surface area contributed by atoms with Crippen molar-refractivity contribution in [3.05, 3.63) is 65.2 Å². The number of amides is 1. The van der Waals surface area contributed by atoms with Gasteiger partial charge in [0.25, 0.3) is 0 Å². The van der Waals surface area contributed by atoms with Crippen LogP contribution in [0, 0.1) is 0 Å². The first-order valence-electron chi connectivity index (χ1n) is 9.75. The maximum atomic E-state index is 12.9. The highest BCUT2D eigenvalue weighted by Gasteiger charge is 2.30. The van der Waals surface area contributed by atoms with Gasteiger partial charge in [-0.15, -0.1) is 0 Å². The van der Waals surface area contributed by atoms with Gasteiger partial charge in [0.2, 0.25) is 5.91 Å². The average Bonchev–Trinajstić information content (AvgIpc) is 2.75. The first kappa shape index (κ1) is 22.1. The number of methoxy groups -OCH3 is 1. The van der Waals surface area contributed by atoms with Crippen LogP contribution in [0.3, 0.4) is 0 Å². The van der Waals surface area contributed by atoms with Crippen molar-refractivity contribution < 1.29 is 27.4 Å². The fourth-order valence-corrected chi connectivity index (χ4v) is 3.49.